The minimum absolute atomic E-state index is 0.0390. The van der Waals surface area contributed by atoms with E-state index in [4.69, 9.17) is 4.74 Å². The fraction of sp³-hybridized carbons (Fsp3) is 0.643. The SMILES string of the molecule is Cc1csc(S(=O)(=O)NC2CCC(=O)NC2C2CCCO2)c1. The molecule has 122 valence electrons. The van der Waals surface area contributed by atoms with Gasteiger partial charge in [0.2, 0.25) is 15.9 Å². The molecule has 2 aliphatic rings. The molecular formula is C14H20N2O4S2. The van der Waals surface area contributed by atoms with Crippen LogP contribution < -0.4 is 10.0 Å². The van der Waals surface area contributed by atoms with Gasteiger partial charge in [-0.25, -0.2) is 13.1 Å². The first kappa shape index (κ1) is 15.9. The molecule has 3 rings (SSSR count). The fourth-order valence-corrected chi connectivity index (χ4v) is 5.54. The number of thiophene rings is 1. The summed E-state index contributed by atoms with van der Waals surface area (Å²) in [5.41, 5.74) is 0.929. The maximum Gasteiger partial charge on any atom is 0.250 e. The molecule has 0 aliphatic carbocycles. The molecule has 0 radical (unpaired) electrons. The average Bonchev–Trinajstić information content (AvgIpc) is 3.12. The number of aryl methyl sites for hydroxylation is 1. The topological polar surface area (TPSA) is 84.5 Å². The summed E-state index contributed by atoms with van der Waals surface area (Å²) in [5.74, 6) is -0.0390. The third-order valence-electron chi connectivity index (χ3n) is 4.09. The number of nitrogens with one attached hydrogen (secondary N) is 2. The van der Waals surface area contributed by atoms with Crippen molar-refractivity contribution in [1.82, 2.24) is 10.0 Å². The number of piperidine rings is 1. The Morgan fingerprint density at radius 1 is 1.41 bits per heavy atom. The maximum absolute atomic E-state index is 12.5. The highest BCUT2D eigenvalue weighted by Crippen LogP contribution is 2.25. The van der Waals surface area contributed by atoms with Gasteiger partial charge in [-0.05, 0) is 43.2 Å². The van der Waals surface area contributed by atoms with Gasteiger partial charge in [-0.1, -0.05) is 0 Å². The maximum atomic E-state index is 12.5. The quantitative estimate of drug-likeness (QED) is 0.858. The Kier molecular flexibility index (Phi) is 4.54. The van der Waals surface area contributed by atoms with Crippen LogP contribution in [0.4, 0.5) is 0 Å². The Hall–Kier alpha value is -0.960. The molecule has 1 aromatic heterocycles. The fourth-order valence-electron chi connectivity index (χ4n) is 3.00. The largest absolute Gasteiger partial charge is 0.376 e. The summed E-state index contributed by atoms with van der Waals surface area (Å²) in [7, 11) is -3.56. The summed E-state index contributed by atoms with van der Waals surface area (Å²) in [4.78, 5) is 11.7. The van der Waals surface area contributed by atoms with Crippen LogP contribution in [0, 0.1) is 6.92 Å². The van der Waals surface area contributed by atoms with E-state index in [1.54, 1.807) is 6.07 Å². The number of carbonyl (C=O) groups excluding carboxylic acids is 1. The van der Waals surface area contributed by atoms with E-state index in [2.05, 4.69) is 10.0 Å². The molecule has 0 spiro atoms. The molecule has 2 saturated heterocycles. The van der Waals surface area contributed by atoms with Crippen molar-refractivity contribution in [2.45, 2.75) is 55.0 Å². The van der Waals surface area contributed by atoms with Gasteiger partial charge < -0.3 is 10.1 Å². The first-order valence-corrected chi connectivity index (χ1v) is 9.80. The third-order valence-corrected chi connectivity index (χ3v) is 7.13. The first-order valence-electron chi connectivity index (χ1n) is 7.44. The second-order valence-corrected chi connectivity index (χ2v) is 8.71. The molecule has 3 unspecified atom stereocenters. The van der Waals surface area contributed by atoms with Crippen molar-refractivity contribution in [2.24, 2.45) is 0 Å². The predicted octanol–water partition coefficient (Wildman–Crippen LogP) is 1.16. The first-order chi connectivity index (χ1) is 10.5. The van der Waals surface area contributed by atoms with E-state index in [0.717, 1.165) is 18.4 Å². The highest BCUT2D eigenvalue weighted by molar-refractivity contribution is 7.91. The van der Waals surface area contributed by atoms with E-state index in [0.29, 0.717) is 23.7 Å². The Labute approximate surface area is 134 Å². The van der Waals surface area contributed by atoms with Crippen molar-refractivity contribution in [3.63, 3.8) is 0 Å². The molecule has 2 N–H and O–H groups in total. The van der Waals surface area contributed by atoms with Crippen LogP contribution >= 0.6 is 11.3 Å². The molecule has 2 fully saturated rings. The standard InChI is InChI=1S/C14H20N2O4S2/c1-9-7-13(21-8-9)22(18,19)16-10-4-5-12(17)15-14(10)11-3-2-6-20-11/h7-8,10-11,14,16H,2-6H2,1H3,(H,15,17). The van der Waals surface area contributed by atoms with Gasteiger partial charge in [-0.2, -0.15) is 0 Å². The second-order valence-electron chi connectivity index (χ2n) is 5.85. The van der Waals surface area contributed by atoms with Crippen molar-refractivity contribution in [2.75, 3.05) is 6.61 Å². The summed E-state index contributed by atoms with van der Waals surface area (Å²) in [6.07, 6.45) is 2.52. The summed E-state index contributed by atoms with van der Waals surface area (Å²) < 4.78 is 33.7. The van der Waals surface area contributed by atoms with Crippen molar-refractivity contribution < 1.29 is 17.9 Å². The molecule has 0 aromatic carbocycles. The summed E-state index contributed by atoms with van der Waals surface area (Å²) in [5, 5.41) is 4.71. The van der Waals surface area contributed by atoms with Gasteiger partial charge in [-0.15, -0.1) is 11.3 Å². The Balaban J connectivity index is 1.77. The van der Waals surface area contributed by atoms with Gasteiger partial charge in [0.25, 0.3) is 0 Å². The molecule has 2 aliphatic heterocycles. The van der Waals surface area contributed by atoms with E-state index in [1.165, 1.54) is 11.3 Å². The Bertz CT molecular complexity index is 650. The number of hydrogen-bond acceptors (Lipinski definition) is 5. The minimum atomic E-state index is -3.56. The van der Waals surface area contributed by atoms with Crippen LogP contribution in [0.2, 0.25) is 0 Å². The van der Waals surface area contributed by atoms with E-state index < -0.39 is 10.0 Å². The van der Waals surface area contributed by atoms with Crippen molar-refractivity contribution >= 4 is 27.3 Å². The summed E-state index contributed by atoms with van der Waals surface area (Å²) >= 11 is 1.21. The van der Waals surface area contributed by atoms with Crippen LogP contribution in [0.25, 0.3) is 0 Å². The lowest BCUT2D eigenvalue weighted by atomic mass is 9.93. The molecule has 8 heteroatoms. The van der Waals surface area contributed by atoms with Crippen LogP contribution in [-0.4, -0.2) is 39.1 Å². The third kappa shape index (κ3) is 3.34. The van der Waals surface area contributed by atoms with E-state index in [1.807, 2.05) is 12.3 Å². The van der Waals surface area contributed by atoms with Crippen LogP contribution in [0.5, 0.6) is 0 Å². The molecular weight excluding hydrogens is 324 g/mol. The molecule has 1 amide bonds. The van der Waals surface area contributed by atoms with Crippen molar-refractivity contribution in [1.29, 1.82) is 0 Å². The van der Waals surface area contributed by atoms with Crippen LogP contribution in [-0.2, 0) is 19.6 Å². The zero-order valence-corrected chi connectivity index (χ0v) is 14.0. The Morgan fingerprint density at radius 2 is 2.23 bits per heavy atom. The molecule has 0 saturated carbocycles. The number of amides is 1. The van der Waals surface area contributed by atoms with Crippen LogP contribution in [0.15, 0.2) is 15.7 Å². The van der Waals surface area contributed by atoms with Crippen molar-refractivity contribution in [3.05, 3.63) is 17.0 Å². The minimum Gasteiger partial charge on any atom is -0.376 e. The zero-order chi connectivity index (χ0) is 15.7. The zero-order valence-electron chi connectivity index (χ0n) is 12.4. The van der Waals surface area contributed by atoms with Gasteiger partial charge >= 0.3 is 0 Å². The van der Waals surface area contributed by atoms with Crippen molar-refractivity contribution in [3.8, 4) is 0 Å². The smallest absolute Gasteiger partial charge is 0.250 e. The lowest BCUT2D eigenvalue weighted by molar-refractivity contribution is -0.125. The predicted molar refractivity (Wildman–Crippen MR) is 83.3 cm³/mol. The van der Waals surface area contributed by atoms with Crippen LogP contribution in [0.1, 0.15) is 31.2 Å². The molecule has 22 heavy (non-hydrogen) atoms. The molecule has 3 heterocycles. The monoisotopic (exact) mass is 344 g/mol. The molecule has 1 aromatic rings. The van der Waals surface area contributed by atoms with Gasteiger partial charge in [0.1, 0.15) is 4.21 Å². The number of ether oxygens (including phenoxy) is 1. The summed E-state index contributed by atoms with van der Waals surface area (Å²) in [6, 6.07) is 1.04. The number of rotatable bonds is 4. The molecule has 6 nitrogen and oxygen atoms in total. The lowest BCUT2D eigenvalue weighted by Crippen LogP contribution is -2.59. The van der Waals surface area contributed by atoms with Gasteiger partial charge in [-0.3, -0.25) is 4.79 Å². The van der Waals surface area contributed by atoms with E-state index >= 15 is 0 Å². The van der Waals surface area contributed by atoms with Gasteiger partial charge in [0.15, 0.2) is 0 Å². The average molecular weight is 344 g/mol. The van der Waals surface area contributed by atoms with E-state index in [9.17, 15) is 13.2 Å². The molecule has 3 atom stereocenters. The summed E-state index contributed by atoms with van der Waals surface area (Å²) in [6.45, 7) is 2.53. The number of sulfonamides is 1. The molecule has 0 bridgehead atoms. The number of hydrogen-bond donors (Lipinski definition) is 2. The lowest BCUT2D eigenvalue weighted by Gasteiger charge is -2.35. The highest BCUT2D eigenvalue weighted by Gasteiger charge is 2.39. The van der Waals surface area contributed by atoms with E-state index in [-0.39, 0.29) is 24.1 Å². The normalized spacial score (nSPS) is 29.5. The Morgan fingerprint density at radius 3 is 2.86 bits per heavy atom. The van der Waals surface area contributed by atoms with Gasteiger partial charge in [0.05, 0.1) is 12.1 Å². The van der Waals surface area contributed by atoms with Crippen LogP contribution in [0.3, 0.4) is 0 Å². The number of carbonyl (C=O) groups is 1. The second kappa shape index (κ2) is 6.27. The highest BCUT2D eigenvalue weighted by atomic mass is 32.2. The van der Waals surface area contributed by atoms with Gasteiger partial charge in [0, 0.05) is 19.1 Å².